The summed E-state index contributed by atoms with van der Waals surface area (Å²) < 4.78 is 38.0. The van der Waals surface area contributed by atoms with E-state index in [0.29, 0.717) is 32.8 Å². The maximum Gasteiger partial charge on any atom is 0.267 e. The van der Waals surface area contributed by atoms with E-state index >= 15 is 0 Å². The average Bonchev–Trinajstić information content (AvgIpc) is 3.19. The molecular weight excluding hydrogens is 428 g/mol. The Labute approximate surface area is 181 Å². The number of anilines is 1. The van der Waals surface area contributed by atoms with Crippen molar-refractivity contribution in [2.24, 2.45) is 0 Å². The van der Waals surface area contributed by atoms with E-state index < -0.39 is 16.1 Å². The fourth-order valence-corrected chi connectivity index (χ4v) is 5.43. The number of rotatable bonds is 5. The van der Waals surface area contributed by atoms with Gasteiger partial charge in [0, 0.05) is 25.3 Å². The summed E-state index contributed by atoms with van der Waals surface area (Å²) >= 11 is 6.31. The van der Waals surface area contributed by atoms with Gasteiger partial charge in [-0.2, -0.15) is 4.31 Å². The quantitative estimate of drug-likeness (QED) is 0.700. The zero-order valence-corrected chi connectivity index (χ0v) is 18.2. The minimum atomic E-state index is -3.65. The summed E-state index contributed by atoms with van der Waals surface area (Å²) in [6, 6.07) is 12.1. The van der Waals surface area contributed by atoms with Gasteiger partial charge in [-0.05, 0) is 43.2 Å². The number of para-hydroxylation sites is 1. The van der Waals surface area contributed by atoms with Gasteiger partial charge in [0.25, 0.3) is 5.91 Å². The van der Waals surface area contributed by atoms with Gasteiger partial charge in [-0.1, -0.05) is 29.8 Å². The van der Waals surface area contributed by atoms with Crippen LogP contribution in [-0.4, -0.2) is 57.6 Å². The number of morpholine rings is 1. The molecule has 0 saturated carbocycles. The van der Waals surface area contributed by atoms with Gasteiger partial charge in [-0.3, -0.25) is 4.79 Å². The second-order valence-corrected chi connectivity index (χ2v) is 9.58. The number of fused-ring (bicyclic) bond motifs is 1. The number of benzene rings is 2. The molecular formula is C21H23ClN2O5S. The number of carbonyl (C=O) groups excluding carboxylic acids is 1. The second kappa shape index (κ2) is 8.55. The molecule has 160 valence electrons. The van der Waals surface area contributed by atoms with E-state index in [9.17, 15) is 13.2 Å². The third-order valence-corrected chi connectivity index (χ3v) is 7.51. The molecule has 1 fully saturated rings. The highest BCUT2D eigenvalue weighted by molar-refractivity contribution is 7.89. The first-order chi connectivity index (χ1) is 14.4. The van der Waals surface area contributed by atoms with E-state index in [2.05, 4.69) is 0 Å². The number of carbonyl (C=O) groups is 1. The lowest BCUT2D eigenvalue weighted by atomic mass is 10.2. The number of halogens is 1. The predicted octanol–water partition coefficient (Wildman–Crippen LogP) is 2.72. The van der Waals surface area contributed by atoms with Crippen LogP contribution in [0.15, 0.2) is 47.4 Å². The molecule has 1 atom stereocenters. The van der Waals surface area contributed by atoms with E-state index in [-0.39, 0.29) is 21.6 Å². The van der Waals surface area contributed by atoms with Crippen molar-refractivity contribution in [3.8, 4) is 5.75 Å². The maximum atomic E-state index is 12.9. The summed E-state index contributed by atoms with van der Waals surface area (Å²) in [4.78, 5) is 14.7. The molecule has 1 saturated heterocycles. The van der Waals surface area contributed by atoms with Gasteiger partial charge in [0.2, 0.25) is 10.0 Å². The average molecular weight is 451 g/mol. The normalized spacial score (nSPS) is 18.1. The Bertz CT molecular complexity index is 1050. The molecule has 2 heterocycles. The number of hydrogen-bond acceptors (Lipinski definition) is 5. The first-order valence-corrected chi connectivity index (χ1v) is 11.6. The molecule has 0 aromatic heterocycles. The number of amides is 1. The fourth-order valence-electron chi connectivity index (χ4n) is 3.70. The van der Waals surface area contributed by atoms with E-state index in [1.165, 1.54) is 22.5 Å². The van der Waals surface area contributed by atoms with Crippen LogP contribution in [-0.2, 0) is 26.0 Å². The van der Waals surface area contributed by atoms with Crippen LogP contribution in [0.5, 0.6) is 5.75 Å². The molecule has 1 amide bonds. The Kier molecular flexibility index (Phi) is 6.02. The van der Waals surface area contributed by atoms with Gasteiger partial charge in [0.05, 0.1) is 23.1 Å². The molecule has 0 N–H and O–H groups in total. The Hall–Kier alpha value is -2.13. The van der Waals surface area contributed by atoms with E-state index in [4.69, 9.17) is 21.1 Å². The molecule has 30 heavy (non-hydrogen) atoms. The summed E-state index contributed by atoms with van der Waals surface area (Å²) in [5.41, 5.74) is 2.03. The summed E-state index contributed by atoms with van der Waals surface area (Å²) in [5, 5.41) is 0.144. The minimum Gasteiger partial charge on any atom is -0.479 e. The molecule has 0 radical (unpaired) electrons. The van der Waals surface area contributed by atoms with Gasteiger partial charge in [0.15, 0.2) is 6.10 Å². The number of hydrogen-bond donors (Lipinski definition) is 0. The van der Waals surface area contributed by atoms with E-state index in [1.54, 1.807) is 11.8 Å². The van der Waals surface area contributed by atoms with Crippen LogP contribution in [0.2, 0.25) is 5.02 Å². The molecule has 4 rings (SSSR count). The second-order valence-electron chi connectivity index (χ2n) is 7.24. The summed E-state index contributed by atoms with van der Waals surface area (Å²) in [7, 11) is -3.65. The molecule has 2 aromatic rings. The summed E-state index contributed by atoms with van der Waals surface area (Å²) in [5.74, 6) is 0.104. The zero-order chi connectivity index (χ0) is 21.3. The topological polar surface area (TPSA) is 76.1 Å². The largest absolute Gasteiger partial charge is 0.479 e. The molecule has 0 bridgehead atoms. The van der Waals surface area contributed by atoms with Crippen LogP contribution in [0.1, 0.15) is 12.5 Å². The van der Waals surface area contributed by atoms with Crippen LogP contribution in [0.3, 0.4) is 0 Å². The number of sulfonamides is 1. The van der Waals surface area contributed by atoms with Gasteiger partial charge in [0.1, 0.15) is 5.75 Å². The van der Waals surface area contributed by atoms with Crippen molar-refractivity contribution in [1.82, 2.24) is 4.31 Å². The molecule has 2 aliphatic rings. The van der Waals surface area contributed by atoms with Crippen molar-refractivity contribution in [2.75, 3.05) is 37.7 Å². The van der Waals surface area contributed by atoms with Crippen LogP contribution >= 0.6 is 11.6 Å². The lowest BCUT2D eigenvalue weighted by Crippen LogP contribution is -2.40. The molecule has 7 nitrogen and oxygen atoms in total. The smallest absolute Gasteiger partial charge is 0.267 e. The first kappa shape index (κ1) is 21.1. The van der Waals surface area contributed by atoms with Crippen molar-refractivity contribution in [3.05, 3.63) is 53.1 Å². The highest BCUT2D eigenvalue weighted by Gasteiger charge is 2.30. The lowest BCUT2D eigenvalue weighted by Gasteiger charge is -2.26. The standard InChI is InChI=1S/C21H23ClN2O5S/c1-15(21(25)24-9-8-16-4-2-3-5-19(16)24)29-20-7-6-17(14-18(20)22)30(26,27)23-10-12-28-13-11-23/h2-7,14-15H,8-13H2,1H3. The van der Waals surface area contributed by atoms with Crippen molar-refractivity contribution in [1.29, 1.82) is 0 Å². The van der Waals surface area contributed by atoms with Crippen molar-refractivity contribution in [2.45, 2.75) is 24.3 Å². The Balaban J connectivity index is 1.48. The molecule has 2 aromatic carbocycles. The minimum absolute atomic E-state index is 0.0919. The van der Waals surface area contributed by atoms with E-state index in [0.717, 1.165) is 17.7 Å². The van der Waals surface area contributed by atoms with Crippen molar-refractivity contribution >= 4 is 33.2 Å². The zero-order valence-electron chi connectivity index (χ0n) is 16.6. The molecule has 0 spiro atoms. The fraction of sp³-hybridized carbons (Fsp3) is 0.381. The van der Waals surface area contributed by atoms with Crippen LogP contribution in [0.25, 0.3) is 0 Å². The first-order valence-electron chi connectivity index (χ1n) is 9.81. The monoisotopic (exact) mass is 450 g/mol. The molecule has 1 unspecified atom stereocenters. The Morgan fingerprint density at radius 1 is 1.13 bits per heavy atom. The van der Waals surface area contributed by atoms with Crippen LogP contribution < -0.4 is 9.64 Å². The summed E-state index contributed by atoms with van der Waals surface area (Å²) in [6.07, 6.45) is 0.0408. The van der Waals surface area contributed by atoms with E-state index in [1.807, 2.05) is 24.3 Å². The third kappa shape index (κ3) is 4.05. The van der Waals surface area contributed by atoms with Gasteiger partial charge in [-0.15, -0.1) is 0 Å². The van der Waals surface area contributed by atoms with Crippen molar-refractivity contribution < 1.29 is 22.7 Å². The number of nitrogens with zero attached hydrogens (tertiary/aromatic N) is 2. The molecule has 2 aliphatic heterocycles. The SMILES string of the molecule is CC(Oc1ccc(S(=O)(=O)N2CCOCC2)cc1Cl)C(=O)N1CCc2ccccc21. The van der Waals surface area contributed by atoms with Crippen molar-refractivity contribution in [3.63, 3.8) is 0 Å². The Morgan fingerprint density at radius 3 is 2.60 bits per heavy atom. The van der Waals surface area contributed by atoms with Gasteiger partial charge < -0.3 is 14.4 Å². The van der Waals surface area contributed by atoms with Crippen LogP contribution in [0.4, 0.5) is 5.69 Å². The van der Waals surface area contributed by atoms with Crippen LogP contribution in [0, 0.1) is 0 Å². The summed E-state index contributed by atoms with van der Waals surface area (Å²) in [6.45, 7) is 3.62. The number of ether oxygens (including phenoxy) is 2. The predicted molar refractivity (Wildman–Crippen MR) is 114 cm³/mol. The highest BCUT2D eigenvalue weighted by Crippen LogP contribution is 2.32. The highest BCUT2D eigenvalue weighted by atomic mass is 35.5. The molecule has 0 aliphatic carbocycles. The third-order valence-electron chi connectivity index (χ3n) is 5.32. The molecule has 9 heteroatoms. The lowest BCUT2D eigenvalue weighted by molar-refractivity contribution is -0.124. The maximum absolute atomic E-state index is 12.9. The Morgan fingerprint density at radius 2 is 1.87 bits per heavy atom. The van der Waals surface area contributed by atoms with Gasteiger partial charge >= 0.3 is 0 Å². The van der Waals surface area contributed by atoms with Gasteiger partial charge in [-0.25, -0.2) is 8.42 Å².